The third-order valence-corrected chi connectivity index (χ3v) is 3.18. The van der Waals surface area contributed by atoms with Gasteiger partial charge in [-0.25, -0.2) is 15.2 Å². The zero-order valence-corrected chi connectivity index (χ0v) is 12.7. The Bertz CT molecular complexity index is 549. The minimum Gasteiger partial charge on any atom is -0.322 e. The number of nitrogens with zero attached hydrogens (tertiary/aromatic N) is 4. The van der Waals surface area contributed by atoms with Crippen molar-refractivity contribution >= 4 is 23.6 Å². The fraction of sp³-hybridized carbons (Fsp3) is 0.538. The van der Waals surface area contributed by atoms with Crippen molar-refractivity contribution in [2.45, 2.75) is 33.0 Å². The van der Waals surface area contributed by atoms with Crippen LogP contribution in [0.1, 0.15) is 20.8 Å². The molecule has 0 saturated carbocycles. The summed E-state index contributed by atoms with van der Waals surface area (Å²) >= 11 is 0. The van der Waals surface area contributed by atoms with Gasteiger partial charge in [0.2, 0.25) is 5.96 Å². The molecule has 0 aliphatic carbocycles. The van der Waals surface area contributed by atoms with Crippen LogP contribution in [0.25, 0.3) is 0 Å². The van der Waals surface area contributed by atoms with Gasteiger partial charge >= 0.3 is 6.03 Å². The number of nitrogens with one attached hydrogen (secondary N) is 2. The first-order valence-electron chi connectivity index (χ1n) is 6.64. The van der Waals surface area contributed by atoms with Crippen LogP contribution < -0.4 is 10.7 Å². The molecule has 0 spiro atoms. The average Bonchev–Trinajstić information content (AvgIpc) is 2.72. The van der Waals surface area contributed by atoms with E-state index < -0.39 is 18.2 Å². The van der Waals surface area contributed by atoms with Crippen molar-refractivity contribution < 1.29 is 9.59 Å². The number of rotatable bonds is 3. The van der Waals surface area contributed by atoms with Crippen LogP contribution >= 0.6 is 0 Å². The number of likely N-dealkylation sites (N-methyl/N-ethyl adjacent to an activating group) is 1. The number of urea groups is 1. The number of amides is 3. The summed E-state index contributed by atoms with van der Waals surface area (Å²) in [5.41, 5.74) is 4.57. The van der Waals surface area contributed by atoms with E-state index in [1.165, 1.54) is 4.90 Å². The zero-order chi connectivity index (χ0) is 15.7. The molecule has 2 atom stereocenters. The second-order valence-electron chi connectivity index (χ2n) is 5.47. The maximum atomic E-state index is 12.1. The highest BCUT2D eigenvalue weighted by Crippen LogP contribution is 2.23. The maximum absolute atomic E-state index is 12.1. The second kappa shape index (κ2) is 5.55. The molecule has 2 aliphatic heterocycles. The lowest BCUT2D eigenvalue weighted by Crippen LogP contribution is -2.64. The molecule has 0 radical (unpaired) electrons. The summed E-state index contributed by atoms with van der Waals surface area (Å²) < 4.78 is 0. The number of hydrogen-bond donors (Lipinski definition) is 2. The van der Waals surface area contributed by atoms with Crippen molar-refractivity contribution in [2.24, 2.45) is 10.1 Å². The summed E-state index contributed by atoms with van der Waals surface area (Å²) in [6, 6.07) is -1.02. The van der Waals surface area contributed by atoms with E-state index in [1.54, 1.807) is 11.9 Å². The minimum absolute atomic E-state index is 0.359. The molecule has 2 N–H and O–H groups in total. The lowest BCUT2D eigenvalue weighted by atomic mass is 10.1. The Morgan fingerprint density at radius 1 is 1.43 bits per heavy atom. The quantitative estimate of drug-likeness (QED) is 0.438. The molecule has 2 unspecified atom stereocenters. The Hall–Kier alpha value is -2.38. The summed E-state index contributed by atoms with van der Waals surface area (Å²) in [7, 11) is 1.61. The van der Waals surface area contributed by atoms with E-state index in [0.717, 1.165) is 11.3 Å². The number of aliphatic imine (C=N–C) groups is 1. The molecule has 3 amide bonds. The van der Waals surface area contributed by atoms with E-state index in [2.05, 4.69) is 27.4 Å². The van der Waals surface area contributed by atoms with Gasteiger partial charge < -0.3 is 9.80 Å². The molecule has 2 heterocycles. The van der Waals surface area contributed by atoms with Crippen LogP contribution in [0.4, 0.5) is 4.79 Å². The van der Waals surface area contributed by atoms with Crippen molar-refractivity contribution in [1.82, 2.24) is 20.5 Å². The van der Waals surface area contributed by atoms with Crippen LogP contribution in [0.5, 0.6) is 0 Å². The van der Waals surface area contributed by atoms with Crippen LogP contribution in [-0.2, 0) is 4.79 Å². The van der Waals surface area contributed by atoms with E-state index >= 15 is 0 Å². The highest BCUT2D eigenvalue weighted by atomic mass is 16.2. The number of carbonyl (C=O) groups is 2. The Morgan fingerprint density at radius 2 is 2.10 bits per heavy atom. The van der Waals surface area contributed by atoms with E-state index in [-0.39, 0.29) is 5.91 Å². The van der Waals surface area contributed by atoms with Crippen LogP contribution in [0.3, 0.4) is 0 Å². The summed E-state index contributed by atoms with van der Waals surface area (Å²) in [4.78, 5) is 31.4. The van der Waals surface area contributed by atoms with Gasteiger partial charge in [0.1, 0.15) is 0 Å². The van der Waals surface area contributed by atoms with Crippen molar-refractivity contribution in [3.05, 3.63) is 12.2 Å². The molecule has 21 heavy (non-hydrogen) atoms. The lowest BCUT2D eigenvalue weighted by molar-refractivity contribution is -0.127. The number of hydrogen-bond acceptors (Lipinski definition) is 6. The molecule has 0 aromatic heterocycles. The second-order valence-corrected chi connectivity index (χ2v) is 5.47. The topological polar surface area (TPSA) is 89.4 Å². The highest BCUT2D eigenvalue weighted by Gasteiger charge is 2.48. The first-order valence-corrected chi connectivity index (χ1v) is 6.64. The Kier molecular flexibility index (Phi) is 3.97. The molecule has 114 valence electrons. The van der Waals surface area contributed by atoms with E-state index in [4.69, 9.17) is 0 Å². The molecule has 8 nitrogen and oxygen atoms in total. The standard InChI is InChI=1S/C13H20N6O2/c1-7(2)6-19-9-10(14-12(19)17-16-8(3)4)18(5)13(21)15-11(9)20/h9-10H,1,6H2,2-5H3,(H,14,17)(H,15,20,21). The van der Waals surface area contributed by atoms with Gasteiger partial charge in [-0.15, -0.1) is 0 Å². The Labute approximate surface area is 123 Å². The van der Waals surface area contributed by atoms with Crippen LogP contribution in [0, 0.1) is 0 Å². The first kappa shape index (κ1) is 15.0. The molecule has 0 aromatic carbocycles. The lowest BCUT2D eigenvalue weighted by Gasteiger charge is -2.36. The largest absolute Gasteiger partial charge is 0.325 e. The van der Waals surface area contributed by atoms with Crippen molar-refractivity contribution in [3.63, 3.8) is 0 Å². The molecule has 8 heteroatoms. The third-order valence-electron chi connectivity index (χ3n) is 3.18. The van der Waals surface area contributed by atoms with Gasteiger partial charge in [-0.3, -0.25) is 10.1 Å². The van der Waals surface area contributed by atoms with E-state index in [9.17, 15) is 9.59 Å². The van der Waals surface area contributed by atoms with Crippen LogP contribution in [0.15, 0.2) is 22.2 Å². The number of fused-ring (bicyclic) bond motifs is 1. The monoisotopic (exact) mass is 292 g/mol. The number of imide groups is 1. The SMILES string of the molecule is C=C(C)CN1C(NN=C(C)C)=NC2C1C(=O)NC(=O)N2C. The normalized spacial score (nSPS) is 24.3. The first-order chi connectivity index (χ1) is 9.81. The molecule has 0 bridgehead atoms. The summed E-state index contributed by atoms with van der Waals surface area (Å²) in [6.07, 6.45) is -0.555. The van der Waals surface area contributed by atoms with Crippen molar-refractivity contribution in [2.75, 3.05) is 13.6 Å². The number of guanidine groups is 1. The van der Waals surface area contributed by atoms with Gasteiger partial charge in [-0.1, -0.05) is 12.2 Å². The fourth-order valence-corrected chi connectivity index (χ4v) is 2.24. The molecular weight excluding hydrogens is 272 g/mol. The molecule has 2 rings (SSSR count). The Balaban J connectivity index is 2.33. The predicted molar refractivity (Wildman–Crippen MR) is 79.8 cm³/mol. The Morgan fingerprint density at radius 3 is 2.67 bits per heavy atom. The molecular formula is C13H20N6O2. The summed E-state index contributed by atoms with van der Waals surface area (Å²) in [5.74, 6) is 0.105. The molecule has 2 aliphatic rings. The van der Waals surface area contributed by atoms with E-state index in [1.807, 2.05) is 20.8 Å². The maximum Gasteiger partial charge on any atom is 0.325 e. The molecule has 1 fully saturated rings. The predicted octanol–water partition coefficient (Wildman–Crippen LogP) is 0.0958. The average molecular weight is 292 g/mol. The molecule has 0 aromatic rings. The summed E-state index contributed by atoms with van der Waals surface area (Å²) in [5, 5.41) is 6.45. The molecule has 1 saturated heterocycles. The highest BCUT2D eigenvalue weighted by molar-refractivity contribution is 6.03. The van der Waals surface area contributed by atoms with Gasteiger partial charge in [0.05, 0.1) is 0 Å². The smallest absolute Gasteiger partial charge is 0.322 e. The van der Waals surface area contributed by atoms with Gasteiger partial charge in [0.25, 0.3) is 5.91 Å². The fourth-order valence-electron chi connectivity index (χ4n) is 2.24. The minimum atomic E-state index is -0.570. The zero-order valence-electron chi connectivity index (χ0n) is 12.7. The van der Waals surface area contributed by atoms with Gasteiger partial charge in [-0.2, -0.15) is 5.10 Å². The van der Waals surface area contributed by atoms with Crippen LogP contribution in [0.2, 0.25) is 0 Å². The van der Waals surface area contributed by atoms with Gasteiger partial charge in [-0.05, 0) is 20.8 Å². The van der Waals surface area contributed by atoms with Crippen molar-refractivity contribution in [3.8, 4) is 0 Å². The van der Waals surface area contributed by atoms with Gasteiger partial charge in [0, 0.05) is 19.3 Å². The number of carbonyl (C=O) groups excluding carboxylic acids is 2. The van der Waals surface area contributed by atoms with Crippen molar-refractivity contribution in [1.29, 1.82) is 0 Å². The number of hydrazone groups is 1. The van der Waals surface area contributed by atoms with E-state index in [0.29, 0.717) is 12.5 Å². The third kappa shape index (κ3) is 2.88. The van der Waals surface area contributed by atoms with Gasteiger partial charge in [0.15, 0.2) is 12.2 Å². The van der Waals surface area contributed by atoms with Crippen LogP contribution in [-0.4, -0.2) is 59.2 Å². The summed E-state index contributed by atoms with van der Waals surface area (Å²) in [6.45, 7) is 9.90.